The summed E-state index contributed by atoms with van der Waals surface area (Å²) in [5, 5.41) is 3.40. The molecular formula is C15H25N3. The highest BCUT2D eigenvalue weighted by atomic mass is 15.2. The maximum Gasteiger partial charge on any atom is 0.189 e. The summed E-state index contributed by atoms with van der Waals surface area (Å²) >= 11 is 0. The minimum absolute atomic E-state index is 0.393. The summed E-state index contributed by atoms with van der Waals surface area (Å²) < 4.78 is 0. The molecule has 1 aliphatic heterocycles. The molecule has 0 unspecified atom stereocenters. The maximum atomic E-state index is 5.98. The van der Waals surface area contributed by atoms with Crippen LogP contribution in [0.15, 0.2) is 16.1 Å². The van der Waals surface area contributed by atoms with Gasteiger partial charge in [0.15, 0.2) is 5.96 Å². The Hall–Kier alpha value is -0.990. The van der Waals surface area contributed by atoms with E-state index in [9.17, 15) is 0 Å². The third-order valence-corrected chi connectivity index (χ3v) is 5.11. The predicted octanol–water partition coefficient (Wildman–Crippen LogP) is 2.58. The van der Waals surface area contributed by atoms with Gasteiger partial charge in [-0.2, -0.15) is 0 Å². The Morgan fingerprint density at radius 2 is 2.22 bits per heavy atom. The van der Waals surface area contributed by atoms with Gasteiger partial charge in [0.1, 0.15) is 0 Å². The van der Waals surface area contributed by atoms with Crippen LogP contribution in [-0.4, -0.2) is 18.0 Å². The van der Waals surface area contributed by atoms with Crippen molar-refractivity contribution < 1.29 is 0 Å². The fourth-order valence-electron chi connectivity index (χ4n) is 4.27. The first-order chi connectivity index (χ1) is 8.70. The number of allylic oxidation sites excluding steroid dienone is 1. The van der Waals surface area contributed by atoms with Crippen molar-refractivity contribution in [2.75, 3.05) is 0 Å². The number of hydrogen-bond donors (Lipinski definition) is 2. The molecule has 0 spiro atoms. The first-order valence-electron chi connectivity index (χ1n) is 7.49. The highest BCUT2D eigenvalue weighted by Crippen LogP contribution is 2.48. The molecule has 4 atom stereocenters. The van der Waals surface area contributed by atoms with Crippen molar-refractivity contribution in [3.63, 3.8) is 0 Å². The molecule has 0 aromatic heterocycles. The van der Waals surface area contributed by atoms with Crippen LogP contribution in [0.1, 0.15) is 52.4 Å². The van der Waals surface area contributed by atoms with Crippen molar-refractivity contribution in [1.82, 2.24) is 5.32 Å². The minimum atomic E-state index is 0.393. The average molecular weight is 247 g/mol. The number of rotatable bonds is 3. The molecule has 0 saturated heterocycles. The van der Waals surface area contributed by atoms with Gasteiger partial charge in [-0.05, 0) is 50.5 Å². The second kappa shape index (κ2) is 4.60. The van der Waals surface area contributed by atoms with Crippen LogP contribution in [-0.2, 0) is 0 Å². The Morgan fingerprint density at radius 3 is 3.00 bits per heavy atom. The Bertz CT molecular complexity index is 397. The number of nitrogens with two attached hydrogens (primary N) is 1. The summed E-state index contributed by atoms with van der Waals surface area (Å²) in [4.78, 5) is 4.76. The lowest BCUT2D eigenvalue weighted by Gasteiger charge is -2.41. The second-order valence-corrected chi connectivity index (χ2v) is 6.24. The average Bonchev–Trinajstić information content (AvgIpc) is 2.72. The molecule has 1 heterocycles. The Kier molecular flexibility index (Phi) is 3.08. The van der Waals surface area contributed by atoms with Crippen molar-refractivity contribution >= 4 is 5.96 Å². The zero-order valence-corrected chi connectivity index (χ0v) is 11.6. The maximum absolute atomic E-state index is 5.98. The van der Waals surface area contributed by atoms with Crippen LogP contribution in [0.2, 0.25) is 0 Å². The van der Waals surface area contributed by atoms with Gasteiger partial charge < -0.3 is 11.1 Å². The zero-order valence-electron chi connectivity index (χ0n) is 11.6. The molecule has 3 heteroatoms. The molecule has 0 amide bonds. The lowest BCUT2D eigenvalue weighted by Crippen LogP contribution is -2.52. The van der Waals surface area contributed by atoms with E-state index < -0.39 is 0 Å². The number of aliphatic imine (C=N–C) groups is 1. The zero-order chi connectivity index (χ0) is 12.7. The Labute approximate surface area is 110 Å². The van der Waals surface area contributed by atoms with Gasteiger partial charge in [0.05, 0.1) is 6.04 Å². The molecule has 0 aromatic rings. The van der Waals surface area contributed by atoms with Crippen LogP contribution in [0.3, 0.4) is 0 Å². The van der Waals surface area contributed by atoms with Crippen molar-refractivity contribution in [1.29, 1.82) is 0 Å². The molecule has 1 fully saturated rings. The van der Waals surface area contributed by atoms with E-state index in [-0.39, 0.29) is 0 Å². The molecule has 3 N–H and O–H groups in total. The molecule has 0 aromatic carbocycles. The number of nitrogens with one attached hydrogen (secondary N) is 1. The van der Waals surface area contributed by atoms with Gasteiger partial charge in [-0.3, -0.25) is 0 Å². The lowest BCUT2D eigenvalue weighted by molar-refractivity contribution is 0.273. The van der Waals surface area contributed by atoms with Gasteiger partial charge in [0, 0.05) is 12.0 Å². The Balaban J connectivity index is 1.93. The van der Waals surface area contributed by atoms with E-state index in [1.54, 1.807) is 11.1 Å². The summed E-state index contributed by atoms with van der Waals surface area (Å²) in [7, 11) is 0. The van der Waals surface area contributed by atoms with Gasteiger partial charge >= 0.3 is 0 Å². The van der Waals surface area contributed by atoms with Gasteiger partial charge in [0.2, 0.25) is 0 Å². The predicted molar refractivity (Wildman–Crippen MR) is 75.4 cm³/mol. The van der Waals surface area contributed by atoms with Crippen molar-refractivity contribution in [2.45, 2.75) is 64.5 Å². The van der Waals surface area contributed by atoms with Crippen LogP contribution in [0.5, 0.6) is 0 Å². The van der Waals surface area contributed by atoms with Gasteiger partial charge in [-0.1, -0.05) is 18.9 Å². The van der Waals surface area contributed by atoms with Crippen molar-refractivity contribution in [2.24, 2.45) is 22.6 Å². The van der Waals surface area contributed by atoms with E-state index in [1.807, 2.05) is 0 Å². The first-order valence-corrected chi connectivity index (χ1v) is 7.49. The monoisotopic (exact) mass is 247 g/mol. The Morgan fingerprint density at radius 1 is 1.39 bits per heavy atom. The van der Waals surface area contributed by atoms with Crippen LogP contribution in [0, 0.1) is 11.8 Å². The SMILES string of the molecule is CCCCC1=C(C)C[C@H]2CC[C@H]3NC(N)=N[C@@H]1[C@H]23. The molecule has 100 valence electrons. The summed E-state index contributed by atoms with van der Waals surface area (Å²) in [6.45, 7) is 4.59. The number of unbranched alkanes of at least 4 members (excludes halogenated alkanes) is 1. The van der Waals surface area contributed by atoms with Gasteiger partial charge in [0.25, 0.3) is 0 Å². The summed E-state index contributed by atoms with van der Waals surface area (Å²) in [6.07, 6.45) is 7.69. The van der Waals surface area contributed by atoms with E-state index in [0.29, 0.717) is 24.0 Å². The summed E-state index contributed by atoms with van der Waals surface area (Å²) in [5.74, 6) is 2.23. The molecule has 2 aliphatic carbocycles. The van der Waals surface area contributed by atoms with E-state index in [2.05, 4.69) is 19.2 Å². The fraction of sp³-hybridized carbons (Fsp3) is 0.800. The fourth-order valence-corrected chi connectivity index (χ4v) is 4.27. The van der Waals surface area contributed by atoms with Gasteiger partial charge in [-0.25, -0.2) is 4.99 Å². The largest absolute Gasteiger partial charge is 0.370 e. The number of nitrogens with zero attached hydrogens (tertiary/aromatic N) is 1. The van der Waals surface area contributed by atoms with Crippen LogP contribution in [0.25, 0.3) is 0 Å². The van der Waals surface area contributed by atoms with Crippen LogP contribution in [0.4, 0.5) is 0 Å². The summed E-state index contributed by atoms with van der Waals surface area (Å²) in [6, 6.07) is 0.978. The van der Waals surface area contributed by atoms with E-state index in [0.717, 1.165) is 5.92 Å². The quantitative estimate of drug-likeness (QED) is 0.753. The smallest absolute Gasteiger partial charge is 0.189 e. The molecule has 0 bridgehead atoms. The molecular weight excluding hydrogens is 222 g/mol. The van der Waals surface area contributed by atoms with E-state index in [4.69, 9.17) is 10.7 Å². The topological polar surface area (TPSA) is 50.4 Å². The number of hydrogen-bond acceptors (Lipinski definition) is 3. The second-order valence-electron chi connectivity index (χ2n) is 6.24. The van der Waals surface area contributed by atoms with E-state index >= 15 is 0 Å². The molecule has 1 saturated carbocycles. The van der Waals surface area contributed by atoms with E-state index in [1.165, 1.54) is 38.5 Å². The molecule has 3 aliphatic rings. The van der Waals surface area contributed by atoms with Gasteiger partial charge in [-0.15, -0.1) is 0 Å². The number of guanidine groups is 1. The summed E-state index contributed by atoms with van der Waals surface area (Å²) in [5.41, 5.74) is 9.19. The lowest BCUT2D eigenvalue weighted by atomic mass is 9.72. The third-order valence-electron chi connectivity index (χ3n) is 5.11. The van der Waals surface area contributed by atoms with Crippen molar-refractivity contribution in [3.05, 3.63) is 11.1 Å². The minimum Gasteiger partial charge on any atom is -0.370 e. The van der Waals surface area contributed by atoms with Crippen LogP contribution >= 0.6 is 0 Å². The third kappa shape index (κ3) is 1.84. The molecule has 3 rings (SSSR count). The normalized spacial score (nSPS) is 38.2. The molecule has 3 nitrogen and oxygen atoms in total. The van der Waals surface area contributed by atoms with Crippen molar-refractivity contribution in [3.8, 4) is 0 Å². The highest BCUT2D eigenvalue weighted by Gasteiger charge is 2.47. The standard InChI is InChI=1S/C15H25N3/c1-3-4-5-11-9(2)8-10-6-7-12-13(10)14(11)18-15(16)17-12/h10,12-14H,3-8H2,1-2H3,(H3,16,17,18)/t10-,12-,13-,14+/m1/s1. The molecule has 0 radical (unpaired) electrons. The molecule has 18 heavy (non-hydrogen) atoms. The highest BCUT2D eigenvalue weighted by molar-refractivity contribution is 5.79. The van der Waals surface area contributed by atoms with Crippen LogP contribution < -0.4 is 11.1 Å². The first kappa shape index (κ1) is 12.1.